The van der Waals surface area contributed by atoms with Crippen molar-refractivity contribution in [2.24, 2.45) is 17.6 Å². The number of nitrogens with two attached hydrogens (primary N) is 1. The van der Waals surface area contributed by atoms with Crippen molar-refractivity contribution in [3.63, 3.8) is 0 Å². The van der Waals surface area contributed by atoms with E-state index in [1.54, 1.807) is 7.05 Å². The molecule has 0 aliphatic rings. The van der Waals surface area contributed by atoms with Crippen molar-refractivity contribution in [3.05, 3.63) is 24.3 Å². The van der Waals surface area contributed by atoms with Gasteiger partial charge in [-0.25, -0.2) is 4.79 Å². The highest BCUT2D eigenvalue weighted by atomic mass is 16.2. The van der Waals surface area contributed by atoms with E-state index in [-0.39, 0.29) is 6.03 Å². The van der Waals surface area contributed by atoms with Crippen molar-refractivity contribution in [1.29, 1.82) is 0 Å². The van der Waals surface area contributed by atoms with Gasteiger partial charge in [-0.3, -0.25) is 0 Å². The molecule has 0 aromatic heterocycles. The molecule has 0 bridgehead atoms. The van der Waals surface area contributed by atoms with E-state index in [2.05, 4.69) is 29.8 Å². The van der Waals surface area contributed by atoms with Gasteiger partial charge in [-0.2, -0.15) is 0 Å². The van der Waals surface area contributed by atoms with Crippen LogP contribution in [0.25, 0.3) is 0 Å². The number of anilines is 2. The highest BCUT2D eigenvalue weighted by Crippen LogP contribution is 2.15. The summed E-state index contributed by atoms with van der Waals surface area (Å²) in [4.78, 5) is 11.1. The number of carbonyl (C=O) groups excluding carboxylic acids is 1. The molecule has 1 unspecified atom stereocenters. The maximum Gasteiger partial charge on any atom is 0.318 e. The van der Waals surface area contributed by atoms with Crippen LogP contribution >= 0.6 is 0 Å². The Kier molecular flexibility index (Phi) is 6.15. The largest absolute Gasteiger partial charge is 0.385 e. The van der Waals surface area contributed by atoms with Gasteiger partial charge in [0.1, 0.15) is 0 Å². The Balaban J connectivity index is 2.50. The predicted molar refractivity (Wildman–Crippen MR) is 80.4 cm³/mol. The summed E-state index contributed by atoms with van der Waals surface area (Å²) >= 11 is 0. The first kappa shape index (κ1) is 15.3. The molecular formula is C14H24N4O. The molecule has 1 aromatic carbocycles. The van der Waals surface area contributed by atoms with Gasteiger partial charge in [-0.05, 0) is 42.6 Å². The lowest BCUT2D eigenvalue weighted by Gasteiger charge is -2.20. The lowest BCUT2D eigenvalue weighted by molar-refractivity contribution is 0.254. The van der Waals surface area contributed by atoms with Gasteiger partial charge in [0.2, 0.25) is 0 Å². The maximum atomic E-state index is 11.1. The van der Waals surface area contributed by atoms with Crippen molar-refractivity contribution < 1.29 is 4.79 Å². The van der Waals surface area contributed by atoms with E-state index in [0.717, 1.165) is 17.9 Å². The van der Waals surface area contributed by atoms with Gasteiger partial charge in [0, 0.05) is 25.0 Å². The Morgan fingerprint density at radius 2 is 1.79 bits per heavy atom. The van der Waals surface area contributed by atoms with Crippen molar-refractivity contribution in [3.8, 4) is 0 Å². The molecule has 19 heavy (non-hydrogen) atoms. The molecular weight excluding hydrogens is 240 g/mol. The average molecular weight is 264 g/mol. The maximum absolute atomic E-state index is 11.1. The minimum Gasteiger partial charge on any atom is -0.385 e. The summed E-state index contributed by atoms with van der Waals surface area (Å²) in [7, 11) is 1.59. The average Bonchev–Trinajstić information content (AvgIpc) is 2.40. The molecule has 0 saturated carbocycles. The molecule has 0 aliphatic heterocycles. The molecule has 0 spiro atoms. The van der Waals surface area contributed by atoms with Crippen LogP contribution in [0, 0.1) is 11.8 Å². The predicted octanol–water partition coefficient (Wildman–Crippen LogP) is 2.08. The van der Waals surface area contributed by atoms with Gasteiger partial charge in [0.15, 0.2) is 0 Å². The quantitative estimate of drug-likeness (QED) is 0.635. The van der Waals surface area contributed by atoms with Gasteiger partial charge in [0.25, 0.3) is 0 Å². The Bertz CT molecular complexity index is 389. The summed E-state index contributed by atoms with van der Waals surface area (Å²) in [6.07, 6.45) is 0. The zero-order valence-electron chi connectivity index (χ0n) is 11.9. The van der Waals surface area contributed by atoms with Crippen LogP contribution in [-0.2, 0) is 0 Å². The molecule has 1 aromatic rings. The van der Waals surface area contributed by atoms with Crippen LogP contribution in [0.1, 0.15) is 13.8 Å². The number of hydrogen-bond donors (Lipinski definition) is 4. The molecule has 2 amide bonds. The van der Waals surface area contributed by atoms with Crippen LogP contribution in [0.2, 0.25) is 0 Å². The number of hydrogen-bond acceptors (Lipinski definition) is 3. The van der Waals surface area contributed by atoms with Crippen LogP contribution in [0.15, 0.2) is 24.3 Å². The van der Waals surface area contributed by atoms with E-state index in [0.29, 0.717) is 18.4 Å². The normalized spacial score (nSPS) is 12.1. The van der Waals surface area contributed by atoms with Crippen molar-refractivity contribution >= 4 is 17.4 Å². The lowest BCUT2D eigenvalue weighted by Crippen LogP contribution is -2.27. The van der Waals surface area contributed by atoms with Crippen molar-refractivity contribution in [1.82, 2.24) is 5.32 Å². The number of rotatable bonds is 6. The SMILES string of the molecule is CNC(=O)Nc1ccc(NCC(CN)C(C)C)cc1. The molecule has 106 valence electrons. The smallest absolute Gasteiger partial charge is 0.318 e. The Hall–Kier alpha value is -1.75. The van der Waals surface area contributed by atoms with E-state index in [1.165, 1.54) is 0 Å². The highest BCUT2D eigenvalue weighted by Gasteiger charge is 2.10. The number of amides is 2. The monoisotopic (exact) mass is 264 g/mol. The standard InChI is InChI=1S/C14H24N4O/c1-10(2)11(8-15)9-17-12-4-6-13(7-5-12)18-14(19)16-3/h4-7,10-11,17H,8-9,15H2,1-3H3,(H2,16,18,19). The first-order chi connectivity index (χ1) is 9.06. The van der Waals surface area contributed by atoms with E-state index in [4.69, 9.17) is 5.73 Å². The summed E-state index contributed by atoms with van der Waals surface area (Å²) < 4.78 is 0. The minimum absolute atomic E-state index is 0.219. The summed E-state index contributed by atoms with van der Waals surface area (Å²) in [6, 6.07) is 7.40. The molecule has 0 radical (unpaired) electrons. The first-order valence-electron chi connectivity index (χ1n) is 6.59. The van der Waals surface area contributed by atoms with Gasteiger partial charge in [0.05, 0.1) is 0 Å². The molecule has 0 fully saturated rings. The molecule has 5 nitrogen and oxygen atoms in total. The highest BCUT2D eigenvalue weighted by molar-refractivity contribution is 5.89. The second-order valence-electron chi connectivity index (χ2n) is 4.90. The number of benzene rings is 1. The summed E-state index contributed by atoms with van der Waals surface area (Å²) in [6.45, 7) is 5.89. The van der Waals surface area contributed by atoms with Crippen LogP contribution in [0.5, 0.6) is 0 Å². The summed E-state index contributed by atoms with van der Waals surface area (Å²) in [5.74, 6) is 1.02. The topological polar surface area (TPSA) is 79.2 Å². The van der Waals surface area contributed by atoms with Crippen LogP contribution in [0.3, 0.4) is 0 Å². The molecule has 5 heteroatoms. The van der Waals surface area contributed by atoms with E-state index in [1.807, 2.05) is 24.3 Å². The van der Waals surface area contributed by atoms with E-state index in [9.17, 15) is 4.79 Å². The number of carbonyl (C=O) groups is 1. The molecule has 0 aliphatic carbocycles. The third-order valence-electron chi connectivity index (χ3n) is 3.18. The summed E-state index contributed by atoms with van der Waals surface area (Å²) in [5, 5.41) is 8.59. The fourth-order valence-electron chi connectivity index (χ4n) is 1.71. The van der Waals surface area contributed by atoms with Crippen molar-refractivity contribution in [2.45, 2.75) is 13.8 Å². The van der Waals surface area contributed by atoms with Crippen molar-refractivity contribution in [2.75, 3.05) is 30.8 Å². The molecule has 0 heterocycles. The lowest BCUT2D eigenvalue weighted by atomic mass is 9.96. The molecule has 5 N–H and O–H groups in total. The summed E-state index contributed by atoms with van der Waals surface area (Å²) in [5.41, 5.74) is 7.53. The van der Waals surface area contributed by atoms with Crippen LogP contribution in [-0.4, -0.2) is 26.2 Å². The zero-order chi connectivity index (χ0) is 14.3. The van der Waals surface area contributed by atoms with Gasteiger partial charge < -0.3 is 21.7 Å². The minimum atomic E-state index is -0.219. The van der Waals surface area contributed by atoms with Gasteiger partial charge in [-0.1, -0.05) is 13.8 Å². The fourth-order valence-corrected chi connectivity index (χ4v) is 1.71. The third kappa shape index (κ3) is 5.18. The zero-order valence-corrected chi connectivity index (χ0v) is 11.9. The Morgan fingerprint density at radius 3 is 2.26 bits per heavy atom. The van der Waals surface area contributed by atoms with Crippen LogP contribution < -0.4 is 21.7 Å². The Labute approximate surface area is 115 Å². The molecule has 1 rings (SSSR count). The number of nitrogens with one attached hydrogen (secondary N) is 3. The van der Waals surface area contributed by atoms with E-state index >= 15 is 0 Å². The Morgan fingerprint density at radius 1 is 1.21 bits per heavy atom. The third-order valence-corrected chi connectivity index (χ3v) is 3.18. The fraction of sp³-hybridized carbons (Fsp3) is 0.500. The van der Waals surface area contributed by atoms with Crippen LogP contribution in [0.4, 0.5) is 16.2 Å². The second kappa shape index (κ2) is 7.63. The molecule has 0 saturated heterocycles. The number of urea groups is 1. The second-order valence-corrected chi connectivity index (χ2v) is 4.90. The first-order valence-corrected chi connectivity index (χ1v) is 6.59. The molecule has 1 atom stereocenters. The van der Waals surface area contributed by atoms with Gasteiger partial charge in [-0.15, -0.1) is 0 Å². The van der Waals surface area contributed by atoms with E-state index < -0.39 is 0 Å². The van der Waals surface area contributed by atoms with Gasteiger partial charge >= 0.3 is 6.03 Å².